The molecular formula is C18H21ClO2. The minimum atomic E-state index is -0.164. The Labute approximate surface area is 131 Å². The van der Waals surface area contributed by atoms with Gasteiger partial charge in [0, 0.05) is 11.5 Å². The van der Waals surface area contributed by atoms with Crippen LogP contribution in [-0.2, 0) is 0 Å². The summed E-state index contributed by atoms with van der Waals surface area (Å²) < 4.78 is 10.8. The highest BCUT2D eigenvalue weighted by molar-refractivity contribution is 6.21. The molecule has 0 spiro atoms. The standard InChI is InChI=1S/C18H21ClO2/c1-4-15(13-8-6-5-7-9-13)18(19)16-12-14(20-2)10-11-17(16)21-3/h5-12,15,18H,4H2,1-3H3. The predicted molar refractivity (Wildman–Crippen MR) is 87.6 cm³/mol. The second-order valence-corrected chi connectivity index (χ2v) is 5.41. The first kappa shape index (κ1) is 15.7. The molecule has 21 heavy (non-hydrogen) atoms. The van der Waals surface area contributed by atoms with E-state index in [2.05, 4.69) is 19.1 Å². The summed E-state index contributed by atoms with van der Waals surface area (Å²) in [6.07, 6.45) is 0.957. The lowest BCUT2D eigenvalue weighted by molar-refractivity contribution is 0.396. The van der Waals surface area contributed by atoms with E-state index in [1.807, 2.05) is 36.4 Å². The van der Waals surface area contributed by atoms with Gasteiger partial charge in [-0.25, -0.2) is 0 Å². The predicted octanol–water partition coefficient (Wildman–Crippen LogP) is 5.18. The van der Waals surface area contributed by atoms with E-state index in [-0.39, 0.29) is 11.3 Å². The lowest BCUT2D eigenvalue weighted by Crippen LogP contribution is -2.07. The van der Waals surface area contributed by atoms with E-state index in [9.17, 15) is 0 Å². The van der Waals surface area contributed by atoms with Crippen molar-refractivity contribution in [3.05, 3.63) is 59.7 Å². The summed E-state index contributed by atoms with van der Waals surface area (Å²) in [6.45, 7) is 2.15. The maximum atomic E-state index is 6.78. The van der Waals surface area contributed by atoms with Crippen LogP contribution in [0.1, 0.15) is 35.8 Å². The highest BCUT2D eigenvalue weighted by Crippen LogP contribution is 2.43. The van der Waals surface area contributed by atoms with Crippen molar-refractivity contribution in [1.29, 1.82) is 0 Å². The fourth-order valence-electron chi connectivity index (χ4n) is 2.58. The Bertz CT molecular complexity index is 569. The van der Waals surface area contributed by atoms with Gasteiger partial charge in [0.2, 0.25) is 0 Å². The van der Waals surface area contributed by atoms with Gasteiger partial charge >= 0.3 is 0 Å². The molecule has 0 N–H and O–H groups in total. The van der Waals surface area contributed by atoms with Crippen molar-refractivity contribution in [3.8, 4) is 11.5 Å². The topological polar surface area (TPSA) is 18.5 Å². The summed E-state index contributed by atoms with van der Waals surface area (Å²) in [5.74, 6) is 1.82. The number of methoxy groups -OCH3 is 2. The average Bonchev–Trinajstić information content (AvgIpc) is 2.55. The second-order valence-electron chi connectivity index (χ2n) is 4.94. The first-order valence-corrected chi connectivity index (χ1v) is 7.55. The molecule has 0 heterocycles. The zero-order valence-corrected chi connectivity index (χ0v) is 13.4. The van der Waals surface area contributed by atoms with Crippen molar-refractivity contribution in [2.45, 2.75) is 24.6 Å². The van der Waals surface area contributed by atoms with E-state index < -0.39 is 0 Å². The van der Waals surface area contributed by atoms with E-state index in [1.54, 1.807) is 14.2 Å². The molecule has 2 rings (SSSR count). The molecule has 2 atom stereocenters. The molecule has 2 nitrogen and oxygen atoms in total. The maximum absolute atomic E-state index is 6.78. The monoisotopic (exact) mass is 304 g/mol. The third-order valence-corrected chi connectivity index (χ3v) is 4.29. The molecule has 0 fully saturated rings. The Balaban J connectivity index is 2.39. The quantitative estimate of drug-likeness (QED) is 0.685. The van der Waals surface area contributed by atoms with E-state index in [0.29, 0.717) is 0 Å². The number of hydrogen-bond acceptors (Lipinski definition) is 2. The number of halogens is 1. The zero-order chi connectivity index (χ0) is 15.2. The van der Waals surface area contributed by atoms with Crippen LogP contribution < -0.4 is 9.47 Å². The largest absolute Gasteiger partial charge is 0.497 e. The second kappa shape index (κ2) is 7.37. The molecule has 0 aliphatic carbocycles. The zero-order valence-electron chi connectivity index (χ0n) is 12.7. The van der Waals surface area contributed by atoms with Crippen molar-refractivity contribution in [2.24, 2.45) is 0 Å². The fourth-order valence-corrected chi connectivity index (χ4v) is 3.08. The highest BCUT2D eigenvalue weighted by atomic mass is 35.5. The van der Waals surface area contributed by atoms with Gasteiger partial charge in [-0.2, -0.15) is 0 Å². The van der Waals surface area contributed by atoms with Gasteiger partial charge in [-0.1, -0.05) is 37.3 Å². The Kier molecular flexibility index (Phi) is 5.51. The Morgan fingerprint density at radius 2 is 1.71 bits per heavy atom. The normalized spacial score (nSPS) is 13.5. The van der Waals surface area contributed by atoms with Crippen molar-refractivity contribution in [1.82, 2.24) is 0 Å². The summed E-state index contributed by atoms with van der Waals surface area (Å²) >= 11 is 6.78. The third-order valence-electron chi connectivity index (χ3n) is 3.75. The van der Waals surface area contributed by atoms with E-state index in [4.69, 9.17) is 21.1 Å². The lowest BCUT2D eigenvalue weighted by atomic mass is 9.89. The van der Waals surface area contributed by atoms with Gasteiger partial charge < -0.3 is 9.47 Å². The number of rotatable bonds is 6. The lowest BCUT2D eigenvalue weighted by Gasteiger charge is -2.23. The smallest absolute Gasteiger partial charge is 0.123 e. The summed E-state index contributed by atoms with van der Waals surface area (Å²) in [6, 6.07) is 16.1. The van der Waals surface area contributed by atoms with Gasteiger partial charge in [0.1, 0.15) is 11.5 Å². The molecule has 0 radical (unpaired) electrons. The van der Waals surface area contributed by atoms with Crippen LogP contribution in [0.4, 0.5) is 0 Å². The minimum Gasteiger partial charge on any atom is -0.497 e. The molecule has 0 aliphatic rings. The molecule has 2 unspecified atom stereocenters. The molecule has 0 bridgehead atoms. The van der Waals surface area contributed by atoms with Gasteiger partial charge in [-0.05, 0) is 30.2 Å². The first-order valence-electron chi connectivity index (χ1n) is 7.12. The van der Waals surface area contributed by atoms with Gasteiger partial charge in [-0.15, -0.1) is 11.6 Å². The highest BCUT2D eigenvalue weighted by Gasteiger charge is 2.24. The van der Waals surface area contributed by atoms with Crippen molar-refractivity contribution >= 4 is 11.6 Å². The number of benzene rings is 2. The molecule has 3 heteroatoms. The van der Waals surface area contributed by atoms with Gasteiger partial charge in [0.25, 0.3) is 0 Å². The maximum Gasteiger partial charge on any atom is 0.123 e. The fraction of sp³-hybridized carbons (Fsp3) is 0.333. The summed E-state index contributed by atoms with van der Waals surface area (Å²) in [5, 5.41) is -0.164. The van der Waals surface area contributed by atoms with Crippen LogP contribution >= 0.6 is 11.6 Å². The van der Waals surface area contributed by atoms with Crippen LogP contribution in [0.25, 0.3) is 0 Å². The molecule has 0 aromatic heterocycles. The Morgan fingerprint density at radius 3 is 2.29 bits per heavy atom. The van der Waals surface area contributed by atoms with E-state index in [0.717, 1.165) is 23.5 Å². The molecule has 2 aromatic rings. The van der Waals surface area contributed by atoms with Crippen molar-refractivity contribution in [3.63, 3.8) is 0 Å². The summed E-state index contributed by atoms with van der Waals surface area (Å²) in [4.78, 5) is 0. The van der Waals surface area contributed by atoms with Crippen LogP contribution in [0.15, 0.2) is 48.5 Å². The van der Waals surface area contributed by atoms with Gasteiger partial charge in [0.05, 0.1) is 19.6 Å². The minimum absolute atomic E-state index is 0.164. The molecule has 0 saturated carbocycles. The Hall–Kier alpha value is -1.67. The molecule has 0 saturated heterocycles. The molecule has 0 aliphatic heterocycles. The van der Waals surface area contributed by atoms with Crippen LogP contribution in [0.2, 0.25) is 0 Å². The van der Waals surface area contributed by atoms with Crippen LogP contribution in [0.3, 0.4) is 0 Å². The molecular weight excluding hydrogens is 284 g/mol. The Morgan fingerprint density at radius 1 is 1.00 bits per heavy atom. The number of hydrogen-bond donors (Lipinski definition) is 0. The first-order chi connectivity index (χ1) is 10.2. The van der Waals surface area contributed by atoms with Crippen LogP contribution in [0, 0.1) is 0 Å². The number of alkyl halides is 1. The van der Waals surface area contributed by atoms with Gasteiger partial charge in [-0.3, -0.25) is 0 Å². The SMILES string of the molecule is CCC(c1ccccc1)C(Cl)c1cc(OC)ccc1OC. The van der Waals surface area contributed by atoms with Crippen LogP contribution in [0.5, 0.6) is 11.5 Å². The average molecular weight is 305 g/mol. The summed E-state index contributed by atoms with van der Waals surface area (Å²) in [5.41, 5.74) is 2.21. The number of ether oxygens (including phenoxy) is 2. The van der Waals surface area contributed by atoms with Crippen molar-refractivity contribution in [2.75, 3.05) is 14.2 Å². The van der Waals surface area contributed by atoms with Crippen molar-refractivity contribution < 1.29 is 9.47 Å². The van der Waals surface area contributed by atoms with Crippen LogP contribution in [-0.4, -0.2) is 14.2 Å². The third kappa shape index (κ3) is 3.51. The molecule has 2 aromatic carbocycles. The molecule has 0 amide bonds. The van der Waals surface area contributed by atoms with E-state index in [1.165, 1.54) is 5.56 Å². The molecule has 112 valence electrons. The summed E-state index contributed by atoms with van der Waals surface area (Å²) in [7, 11) is 3.32. The van der Waals surface area contributed by atoms with E-state index >= 15 is 0 Å². The van der Waals surface area contributed by atoms with Gasteiger partial charge in [0.15, 0.2) is 0 Å².